The fourth-order valence-corrected chi connectivity index (χ4v) is 4.70. The second-order valence-corrected chi connectivity index (χ2v) is 9.23. The molecule has 192 valence electrons. The number of ether oxygens (including phenoxy) is 1. The molecule has 1 aliphatic heterocycles. The second-order valence-electron chi connectivity index (χ2n) is 9.23. The van der Waals surface area contributed by atoms with Crippen molar-refractivity contribution in [3.63, 3.8) is 0 Å². The summed E-state index contributed by atoms with van der Waals surface area (Å²) in [6.45, 7) is 0.251. The highest BCUT2D eigenvalue weighted by molar-refractivity contribution is 5.89. The molecule has 0 bridgehead atoms. The summed E-state index contributed by atoms with van der Waals surface area (Å²) >= 11 is 0. The van der Waals surface area contributed by atoms with Crippen LogP contribution in [-0.4, -0.2) is 56.1 Å². The van der Waals surface area contributed by atoms with Crippen LogP contribution in [0, 0.1) is 0 Å². The quantitative estimate of drug-likeness (QED) is 0.466. The Hall–Kier alpha value is -2.70. The highest BCUT2D eigenvalue weighted by atomic mass is 19.4. The Morgan fingerprint density at radius 2 is 1.91 bits per heavy atom. The molecule has 12 heteroatoms. The molecule has 2 aromatic rings. The van der Waals surface area contributed by atoms with E-state index in [4.69, 9.17) is 4.74 Å². The maximum atomic E-state index is 12.7. The number of nitrogens with zero attached hydrogens (tertiary/aromatic N) is 3. The fraction of sp³-hybridized carbons (Fsp3) is 0.609. The number of urea groups is 1. The molecule has 2 aliphatic rings. The van der Waals surface area contributed by atoms with E-state index in [0.717, 1.165) is 25.0 Å². The van der Waals surface area contributed by atoms with Crippen molar-refractivity contribution >= 4 is 11.7 Å². The number of anilines is 1. The third kappa shape index (κ3) is 6.30. The summed E-state index contributed by atoms with van der Waals surface area (Å²) < 4.78 is 45.7. The average molecular weight is 498 g/mol. The Morgan fingerprint density at radius 1 is 1.20 bits per heavy atom. The summed E-state index contributed by atoms with van der Waals surface area (Å²) in [4.78, 5) is 12.3. The molecule has 0 radical (unpaired) electrons. The van der Waals surface area contributed by atoms with E-state index >= 15 is 0 Å². The number of rotatable bonds is 7. The van der Waals surface area contributed by atoms with Crippen molar-refractivity contribution in [1.82, 2.24) is 20.3 Å². The number of aryl methyl sites for hydroxylation is 1. The molecule has 1 saturated carbocycles. The van der Waals surface area contributed by atoms with E-state index < -0.39 is 35.5 Å². The van der Waals surface area contributed by atoms with Gasteiger partial charge in [0.05, 0.1) is 30.5 Å². The van der Waals surface area contributed by atoms with Gasteiger partial charge in [0.2, 0.25) is 0 Å². The first-order chi connectivity index (χ1) is 16.7. The van der Waals surface area contributed by atoms with E-state index in [2.05, 4.69) is 20.9 Å². The van der Waals surface area contributed by atoms with Crippen LogP contribution in [0.2, 0.25) is 0 Å². The first kappa shape index (κ1) is 25.4. The minimum atomic E-state index is -4.45. The zero-order valence-corrected chi connectivity index (χ0v) is 19.2. The molecule has 2 amide bonds. The van der Waals surface area contributed by atoms with Crippen LogP contribution in [0.3, 0.4) is 0 Å². The average Bonchev–Trinajstić information content (AvgIpc) is 3.48. The maximum absolute atomic E-state index is 12.7. The van der Waals surface area contributed by atoms with Gasteiger partial charge in [-0.05, 0) is 56.4 Å². The molecular formula is C23H30F3N5O4. The lowest BCUT2D eigenvalue weighted by atomic mass is 9.97. The SMILES string of the molecule is O=C(Nc1ccc(C(F)(F)F)cc1)N[C@@H]1CC[C@H](CCn2cc(C3(O)CCCC3)nn2)O[C@@H]1CO. The van der Waals surface area contributed by atoms with Gasteiger partial charge in [-0.25, -0.2) is 4.79 Å². The molecule has 0 spiro atoms. The van der Waals surface area contributed by atoms with Gasteiger partial charge >= 0.3 is 12.2 Å². The number of nitrogens with one attached hydrogen (secondary N) is 2. The number of aliphatic hydroxyl groups is 2. The molecule has 1 saturated heterocycles. The number of amides is 2. The van der Waals surface area contributed by atoms with Crippen LogP contribution < -0.4 is 10.6 Å². The summed E-state index contributed by atoms with van der Waals surface area (Å²) in [5, 5.41) is 33.9. The Morgan fingerprint density at radius 3 is 2.57 bits per heavy atom. The lowest BCUT2D eigenvalue weighted by molar-refractivity contribution is -0.137. The van der Waals surface area contributed by atoms with E-state index in [1.54, 1.807) is 10.9 Å². The molecule has 1 aromatic carbocycles. The molecular weight excluding hydrogens is 467 g/mol. The van der Waals surface area contributed by atoms with Crippen molar-refractivity contribution < 1.29 is 32.9 Å². The van der Waals surface area contributed by atoms with Crippen molar-refractivity contribution in [1.29, 1.82) is 0 Å². The van der Waals surface area contributed by atoms with Crippen LogP contribution in [0.15, 0.2) is 30.5 Å². The second kappa shape index (κ2) is 10.5. The highest BCUT2D eigenvalue weighted by Crippen LogP contribution is 2.37. The molecule has 4 rings (SSSR count). The van der Waals surface area contributed by atoms with E-state index in [1.165, 1.54) is 12.1 Å². The van der Waals surface area contributed by atoms with Gasteiger partial charge in [0, 0.05) is 12.2 Å². The smallest absolute Gasteiger partial charge is 0.394 e. The highest BCUT2D eigenvalue weighted by Gasteiger charge is 2.36. The number of halogens is 3. The summed E-state index contributed by atoms with van der Waals surface area (Å²) in [5.41, 5.74) is -0.871. The first-order valence-corrected chi connectivity index (χ1v) is 11.8. The Labute approximate surface area is 200 Å². The summed E-state index contributed by atoms with van der Waals surface area (Å²) in [5.74, 6) is 0. The molecule has 35 heavy (non-hydrogen) atoms. The van der Waals surface area contributed by atoms with E-state index in [1.807, 2.05) is 0 Å². The molecule has 9 nitrogen and oxygen atoms in total. The van der Waals surface area contributed by atoms with E-state index in [-0.39, 0.29) is 18.4 Å². The Bertz CT molecular complexity index is 992. The summed E-state index contributed by atoms with van der Waals surface area (Å²) in [6, 6.07) is 3.12. The zero-order chi connectivity index (χ0) is 25.1. The van der Waals surface area contributed by atoms with Crippen molar-refractivity contribution in [2.45, 2.75) is 81.5 Å². The molecule has 0 unspecified atom stereocenters. The predicted octanol–water partition coefficient (Wildman–Crippen LogP) is 3.18. The molecule has 2 fully saturated rings. The molecule has 2 heterocycles. The molecule has 4 N–H and O–H groups in total. The van der Waals surface area contributed by atoms with Crippen LogP contribution >= 0.6 is 0 Å². The summed E-state index contributed by atoms with van der Waals surface area (Å²) in [7, 11) is 0. The van der Waals surface area contributed by atoms with Crippen LogP contribution in [0.5, 0.6) is 0 Å². The summed E-state index contributed by atoms with van der Waals surface area (Å²) in [6.07, 6.45) is 1.73. The minimum Gasteiger partial charge on any atom is -0.394 e. The molecule has 1 aromatic heterocycles. The van der Waals surface area contributed by atoms with Gasteiger partial charge in [0.1, 0.15) is 17.4 Å². The number of carbonyl (C=O) groups excluding carboxylic acids is 1. The third-order valence-corrected chi connectivity index (χ3v) is 6.71. The largest absolute Gasteiger partial charge is 0.416 e. The van der Waals surface area contributed by atoms with Crippen molar-refractivity contribution in [3.8, 4) is 0 Å². The Kier molecular flexibility index (Phi) is 7.62. The van der Waals surface area contributed by atoms with Crippen molar-refractivity contribution in [2.24, 2.45) is 0 Å². The number of hydrogen-bond donors (Lipinski definition) is 4. The normalized spacial score (nSPS) is 24.3. The van der Waals surface area contributed by atoms with Gasteiger partial charge in [0.25, 0.3) is 0 Å². The lowest BCUT2D eigenvalue weighted by Crippen LogP contribution is -2.52. The van der Waals surface area contributed by atoms with Gasteiger partial charge in [-0.3, -0.25) is 4.68 Å². The molecule has 3 atom stereocenters. The van der Waals surface area contributed by atoms with Crippen molar-refractivity contribution in [2.75, 3.05) is 11.9 Å². The first-order valence-electron chi connectivity index (χ1n) is 11.8. The number of hydrogen-bond acceptors (Lipinski definition) is 6. The molecule has 1 aliphatic carbocycles. The number of alkyl halides is 3. The number of carbonyl (C=O) groups is 1. The van der Waals surface area contributed by atoms with Crippen LogP contribution in [0.1, 0.15) is 56.2 Å². The van der Waals surface area contributed by atoms with Gasteiger partial charge < -0.3 is 25.6 Å². The lowest BCUT2D eigenvalue weighted by Gasteiger charge is -2.36. The standard InChI is InChI=1S/C23H30F3N5O4/c24-23(25,26)15-3-5-16(6-4-15)27-21(33)28-18-8-7-17(35-19(18)14-32)9-12-31-13-20(29-30-31)22(34)10-1-2-11-22/h3-6,13,17-19,32,34H,1-2,7-12,14H2,(H2,27,28,33)/t17-,18-,19-/m1/s1. The number of aromatic nitrogens is 3. The maximum Gasteiger partial charge on any atom is 0.416 e. The van der Waals surface area contributed by atoms with Crippen molar-refractivity contribution in [3.05, 3.63) is 41.7 Å². The topological polar surface area (TPSA) is 122 Å². The minimum absolute atomic E-state index is 0.148. The van der Waals surface area contributed by atoms with Gasteiger partial charge in [0.15, 0.2) is 0 Å². The number of aliphatic hydroxyl groups excluding tert-OH is 1. The van der Waals surface area contributed by atoms with Gasteiger partial charge in [-0.1, -0.05) is 18.1 Å². The zero-order valence-electron chi connectivity index (χ0n) is 19.2. The van der Waals surface area contributed by atoms with E-state index in [9.17, 15) is 28.2 Å². The van der Waals surface area contributed by atoms with Crippen LogP contribution in [-0.2, 0) is 23.1 Å². The fourth-order valence-electron chi connectivity index (χ4n) is 4.70. The third-order valence-electron chi connectivity index (χ3n) is 6.71. The van der Waals surface area contributed by atoms with Crippen LogP contribution in [0.25, 0.3) is 0 Å². The van der Waals surface area contributed by atoms with Gasteiger partial charge in [-0.2, -0.15) is 13.2 Å². The monoisotopic (exact) mass is 497 g/mol. The van der Waals surface area contributed by atoms with E-state index in [0.29, 0.717) is 44.3 Å². The Balaban J connectivity index is 1.24. The predicted molar refractivity (Wildman–Crippen MR) is 119 cm³/mol. The van der Waals surface area contributed by atoms with Crippen LogP contribution in [0.4, 0.5) is 23.7 Å². The van der Waals surface area contributed by atoms with Gasteiger partial charge in [-0.15, -0.1) is 5.10 Å². The number of benzene rings is 1.